The number of carbonyl (C=O) groups is 2. The molecule has 20 heavy (non-hydrogen) atoms. The lowest BCUT2D eigenvalue weighted by atomic mass is 10.1. The first-order chi connectivity index (χ1) is 9.69. The lowest BCUT2D eigenvalue weighted by molar-refractivity contribution is -0.119. The molecule has 0 aliphatic carbocycles. The summed E-state index contributed by atoms with van der Waals surface area (Å²) in [6, 6.07) is 6.70. The van der Waals surface area contributed by atoms with Gasteiger partial charge in [0.25, 0.3) is 0 Å². The Balaban J connectivity index is 1.91. The molecule has 0 radical (unpaired) electrons. The van der Waals surface area contributed by atoms with Gasteiger partial charge < -0.3 is 14.8 Å². The molecule has 2 rings (SSSR count). The average molecular weight is 277 g/mol. The fraction of sp³-hybridized carbons (Fsp3) is 0.467. The van der Waals surface area contributed by atoms with Crippen LogP contribution in [0.4, 0.5) is 5.69 Å². The molecule has 1 heterocycles. The Hall–Kier alpha value is -1.88. The zero-order chi connectivity index (χ0) is 14.4. The highest BCUT2D eigenvalue weighted by Gasteiger charge is 2.17. The molecule has 1 unspecified atom stereocenters. The Kier molecular flexibility index (Phi) is 5.12. The van der Waals surface area contributed by atoms with Gasteiger partial charge in [0.05, 0.1) is 25.2 Å². The third kappa shape index (κ3) is 4.06. The monoisotopic (exact) mass is 277 g/mol. The first kappa shape index (κ1) is 14.5. The minimum atomic E-state index is -0.420. The predicted molar refractivity (Wildman–Crippen MR) is 74.6 cm³/mol. The van der Waals surface area contributed by atoms with E-state index in [9.17, 15) is 9.59 Å². The normalized spacial score (nSPS) is 18.4. The molecule has 1 N–H and O–H groups in total. The number of ether oxygens (including phenoxy) is 2. The number of benzene rings is 1. The summed E-state index contributed by atoms with van der Waals surface area (Å²) in [5, 5.41) is 2.78. The number of amides is 1. The van der Waals surface area contributed by atoms with Gasteiger partial charge in [0.1, 0.15) is 0 Å². The molecule has 0 aromatic heterocycles. The minimum absolute atomic E-state index is 0.00698. The second kappa shape index (κ2) is 7.05. The van der Waals surface area contributed by atoms with Crippen LogP contribution in [0.15, 0.2) is 24.3 Å². The largest absolute Gasteiger partial charge is 0.465 e. The summed E-state index contributed by atoms with van der Waals surface area (Å²) in [6.07, 6.45) is 3.46. The van der Waals surface area contributed by atoms with E-state index < -0.39 is 5.97 Å². The highest BCUT2D eigenvalue weighted by Crippen LogP contribution is 2.17. The third-order valence-electron chi connectivity index (χ3n) is 3.25. The number of hydrogen-bond acceptors (Lipinski definition) is 4. The Morgan fingerprint density at radius 1 is 1.40 bits per heavy atom. The van der Waals surface area contributed by atoms with Crippen LogP contribution in [0, 0.1) is 0 Å². The number of carbonyl (C=O) groups excluding carboxylic acids is 2. The highest BCUT2D eigenvalue weighted by atomic mass is 16.5. The summed E-state index contributed by atoms with van der Waals surface area (Å²) < 4.78 is 10.2. The van der Waals surface area contributed by atoms with Crippen molar-refractivity contribution in [3.63, 3.8) is 0 Å². The van der Waals surface area contributed by atoms with Gasteiger partial charge in [-0.2, -0.15) is 0 Å². The van der Waals surface area contributed by atoms with E-state index in [0.717, 1.165) is 25.9 Å². The van der Waals surface area contributed by atoms with E-state index in [2.05, 4.69) is 10.1 Å². The molecule has 1 atom stereocenters. The van der Waals surface area contributed by atoms with Crippen LogP contribution in [0.5, 0.6) is 0 Å². The zero-order valence-corrected chi connectivity index (χ0v) is 11.6. The van der Waals surface area contributed by atoms with Crippen molar-refractivity contribution >= 4 is 17.6 Å². The Morgan fingerprint density at radius 3 is 2.95 bits per heavy atom. The maximum atomic E-state index is 11.9. The summed E-state index contributed by atoms with van der Waals surface area (Å²) in [7, 11) is 1.33. The number of methoxy groups -OCH3 is 1. The quantitative estimate of drug-likeness (QED) is 0.858. The van der Waals surface area contributed by atoms with Crippen LogP contribution in [0.2, 0.25) is 0 Å². The van der Waals surface area contributed by atoms with Gasteiger partial charge in [0, 0.05) is 12.3 Å². The molecule has 1 amide bonds. The van der Waals surface area contributed by atoms with Crippen LogP contribution in [-0.4, -0.2) is 31.7 Å². The van der Waals surface area contributed by atoms with Crippen LogP contribution in [0.3, 0.4) is 0 Å². The molecule has 1 aromatic carbocycles. The number of hydrogen-bond donors (Lipinski definition) is 1. The SMILES string of the molecule is COC(=O)c1cccc(NC(=O)CC2CCCCO2)c1. The van der Waals surface area contributed by atoms with E-state index in [-0.39, 0.29) is 12.0 Å². The van der Waals surface area contributed by atoms with Gasteiger partial charge in [0.15, 0.2) is 0 Å². The van der Waals surface area contributed by atoms with Crippen LogP contribution >= 0.6 is 0 Å². The minimum Gasteiger partial charge on any atom is -0.465 e. The van der Waals surface area contributed by atoms with Crippen molar-refractivity contribution in [2.24, 2.45) is 0 Å². The van der Waals surface area contributed by atoms with E-state index in [1.54, 1.807) is 24.3 Å². The topological polar surface area (TPSA) is 64.6 Å². The molecule has 1 aliphatic rings. The van der Waals surface area contributed by atoms with Gasteiger partial charge in [-0.1, -0.05) is 6.07 Å². The lowest BCUT2D eigenvalue weighted by Gasteiger charge is -2.21. The van der Waals surface area contributed by atoms with Gasteiger partial charge in [-0.25, -0.2) is 4.79 Å². The maximum Gasteiger partial charge on any atom is 0.337 e. The number of anilines is 1. The Morgan fingerprint density at radius 2 is 2.25 bits per heavy atom. The number of rotatable bonds is 4. The molecule has 0 bridgehead atoms. The zero-order valence-electron chi connectivity index (χ0n) is 11.6. The Labute approximate surface area is 118 Å². The van der Waals surface area contributed by atoms with Crippen molar-refractivity contribution in [2.75, 3.05) is 19.0 Å². The fourth-order valence-corrected chi connectivity index (χ4v) is 2.23. The van der Waals surface area contributed by atoms with E-state index in [1.165, 1.54) is 7.11 Å². The van der Waals surface area contributed by atoms with Crippen LogP contribution in [0.1, 0.15) is 36.0 Å². The molecular weight excluding hydrogens is 258 g/mol. The van der Waals surface area contributed by atoms with Crippen molar-refractivity contribution in [1.29, 1.82) is 0 Å². The van der Waals surface area contributed by atoms with E-state index in [1.807, 2.05) is 0 Å². The van der Waals surface area contributed by atoms with Crippen LogP contribution in [-0.2, 0) is 14.3 Å². The molecule has 1 aliphatic heterocycles. The van der Waals surface area contributed by atoms with Crippen LogP contribution < -0.4 is 5.32 Å². The molecule has 5 nitrogen and oxygen atoms in total. The van der Waals surface area contributed by atoms with Crippen molar-refractivity contribution in [1.82, 2.24) is 0 Å². The molecule has 5 heteroatoms. The smallest absolute Gasteiger partial charge is 0.337 e. The number of esters is 1. The highest BCUT2D eigenvalue weighted by molar-refractivity contribution is 5.94. The molecule has 108 valence electrons. The summed E-state index contributed by atoms with van der Waals surface area (Å²) >= 11 is 0. The van der Waals surface area contributed by atoms with Gasteiger partial charge in [-0.15, -0.1) is 0 Å². The van der Waals surface area contributed by atoms with E-state index >= 15 is 0 Å². The lowest BCUT2D eigenvalue weighted by Crippen LogP contribution is -2.25. The first-order valence-electron chi connectivity index (χ1n) is 6.79. The summed E-state index contributed by atoms with van der Waals surface area (Å²) in [5.74, 6) is -0.518. The third-order valence-corrected chi connectivity index (χ3v) is 3.25. The fourth-order valence-electron chi connectivity index (χ4n) is 2.23. The van der Waals surface area contributed by atoms with Crippen molar-refractivity contribution in [2.45, 2.75) is 31.8 Å². The van der Waals surface area contributed by atoms with Crippen molar-refractivity contribution in [3.8, 4) is 0 Å². The maximum absolute atomic E-state index is 11.9. The molecule has 1 aromatic rings. The predicted octanol–water partition coefficient (Wildman–Crippen LogP) is 2.37. The second-order valence-electron chi connectivity index (χ2n) is 4.81. The van der Waals surface area contributed by atoms with Crippen molar-refractivity contribution in [3.05, 3.63) is 29.8 Å². The van der Waals surface area contributed by atoms with Crippen LogP contribution in [0.25, 0.3) is 0 Å². The molecular formula is C15H19NO4. The second-order valence-corrected chi connectivity index (χ2v) is 4.81. The summed E-state index contributed by atoms with van der Waals surface area (Å²) in [5.41, 5.74) is 1.01. The van der Waals surface area contributed by atoms with Gasteiger partial charge >= 0.3 is 5.97 Å². The Bertz CT molecular complexity index is 481. The summed E-state index contributed by atoms with van der Waals surface area (Å²) in [6.45, 7) is 0.732. The molecule has 0 saturated carbocycles. The van der Waals surface area contributed by atoms with E-state index in [4.69, 9.17) is 4.74 Å². The number of nitrogens with one attached hydrogen (secondary N) is 1. The van der Waals surface area contributed by atoms with Gasteiger partial charge in [-0.05, 0) is 37.5 Å². The average Bonchev–Trinajstić information content (AvgIpc) is 2.47. The van der Waals surface area contributed by atoms with Crippen molar-refractivity contribution < 1.29 is 19.1 Å². The first-order valence-corrected chi connectivity index (χ1v) is 6.79. The van der Waals surface area contributed by atoms with E-state index in [0.29, 0.717) is 17.7 Å². The molecule has 1 saturated heterocycles. The van der Waals surface area contributed by atoms with Gasteiger partial charge in [0.2, 0.25) is 5.91 Å². The summed E-state index contributed by atoms with van der Waals surface area (Å²) in [4.78, 5) is 23.3. The molecule has 1 fully saturated rings. The van der Waals surface area contributed by atoms with Gasteiger partial charge in [-0.3, -0.25) is 4.79 Å². The standard InChI is InChI=1S/C15H19NO4/c1-19-15(18)11-5-4-6-12(9-11)16-14(17)10-13-7-2-3-8-20-13/h4-6,9,13H,2-3,7-8,10H2,1H3,(H,16,17). The molecule has 0 spiro atoms.